The Morgan fingerprint density at radius 1 is 1.10 bits per heavy atom. The van der Waals surface area contributed by atoms with E-state index in [0.717, 1.165) is 48.9 Å². The van der Waals surface area contributed by atoms with Crippen LogP contribution in [0.2, 0.25) is 0 Å². The first kappa shape index (κ1) is 26.9. The maximum Gasteiger partial charge on any atom is 0.439 e. The van der Waals surface area contributed by atoms with Crippen LogP contribution in [0.1, 0.15) is 16.1 Å². The third-order valence-electron chi connectivity index (χ3n) is 6.45. The number of nitrogens with zero attached hydrogens (tertiary/aromatic N) is 4. The van der Waals surface area contributed by atoms with E-state index in [1.165, 1.54) is 30.6 Å². The van der Waals surface area contributed by atoms with E-state index < -0.39 is 17.5 Å². The first-order chi connectivity index (χ1) is 18.7. The van der Waals surface area contributed by atoms with Crippen LogP contribution in [0.3, 0.4) is 0 Å². The molecule has 0 radical (unpaired) electrons. The summed E-state index contributed by atoms with van der Waals surface area (Å²) in [6, 6.07) is 10.1. The minimum absolute atomic E-state index is 0.213. The Morgan fingerprint density at radius 2 is 1.85 bits per heavy atom. The van der Waals surface area contributed by atoms with Gasteiger partial charge in [0.2, 0.25) is 0 Å². The number of methoxy groups -OCH3 is 1. The van der Waals surface area contributed by atoms with Crippen LogP contribution in [-0.4, -0.2) is 65.3 Å². The number of piperazine rings is 1. The van der Waals surface area contributed by atoms with Crippen LogP contribution < -0.4 is 15.2 Å². The lowest BCUT2D eigenvalue weighted by Crippen LogP contribution is -2.44. The number of hydrogen-bond donors (Lipinski definition) is 1. The van der Waals surface area contributed by atoms with Gasteiger partial charge < -0.3 is 14.4 Å². The van der Waals surface area contributed by atoms with Gasteiger partial charge in [0.1, 0.15) is 23.1 Å². The third-order valence-corrected chi connectivity index (χ3v) is 7.57. The van der Waals surface area contributed by atoms with Gasteiger partial charge in [0.05, 0.1) is 28.8 Å². The van der Waals surface area contributed by atoms with E-state index in [-0.39, 0.29) is 12.4 Å². The molecule has 2 aromatic heterocycles. The molecule has 1 N–H and O–H groups in total. The van der Waals surface area contributed by atoms with Crippen molar-refractivity contribution >= 4 is 11.3 Å². The third kappa shape index (κ3) is 6.32. The lowest BCUT2D eigenvalue weighted by molar-refractivity contribution is -0.137. The van der Waals surface area contributed by atoms with Crippen LogP contribution in [0.4, 0.5) is 13.2 Å². The summed E-state index contributed by atoms with van der Waals surface area (Å²) in [6.07, 6.45) is -4.40. The van der Waals surface area contributed by atoms with Crippen LogP contribution in [-0.2, 0) is 19.3 Å². The molecule has 4 aromatic rings. The number of thiazole rings is 1. The second kappa shape index (κ2) is 11.2. The molecule has 2 aromatic carbocycles. The van der Waals surface area contributed by atoms with Crippen LogP contribution in [0.25, 0.3) is 22.0 Å². The highest BCUT2D eigenvalue weighted by Gasteiger charge is 2.30. The summed E-state index contributed by atoms with van der Waals surface area (Å²) in [4.78, 5) is 24.1. The highest BCUT2D eigenvalue weighted by atomic mass is 32.1. The number of hydrogen-bond acceptors (Lipinski definition) is 9. The Hall–Kier alpha value is -3.68. The normalized spacial score (nSPS) is 15.0. The lowest BCUT2D eigenvalue weighted by atomic mass is 10.1. The van der Waals surface area contributed by atoms with Gasteiger partial charge in [-0.2, -0.15) is 13.2 Å². The number of H-pyrrole nitrogens is 1. The van der Waals surface area contributed by atoms with E-state index in [1.807, 2.05) is 0 Å². The molecule has 13 heteroatoms. The van der Waals surface area contributed by atoms with E-state index in [9.17, 15) is 18.0 Å². The number of alkyl halides is 3. The van der Waals surface area contributed by atoms with E-state index in [1.54, 1.807) is 18.2 Å². The molecular formula is C26H26F3N5O4S. The quantitative estimate of drug-likeness (QED) is 0.336. The minimum Gasteiger partial charge on any atom is -0.496 e. The molecular weight excluding hydrogens is 535 g/mol. The monoisotopic (exact) mass is 561 g/mol. The molecule has 0 spiro atoms. The van der Waals surface area contributed by atoms with Gasteiger partial charge in [-0.1, -0.05) is 17.3 Å². The van der Waals surface area contributed by atoms with Gasteiger partial charge in [0.25, 0.3) is 0 Å². The van der Waals surface area contributed by atoms with Crippen LogP contribution in [0.5, 0.6) is 11.5 Å². The Labute approximate surface area is 225 Å². The number of nitrogens with one attached hydrogen (secondary N) is 1. The van der Waals surface area contributed by atoms with Gasteiger partial charge in [-0.3, -0.25) is 14.4 Å². The number of rotatable bonds is 8. The largest absolute Gasteiger partial charge is 0.496 e. The van der Waals surface area contributed by atoms with E-state index in [0.29, 0.717) is 34.2 Å². The highest BCUT2D eigenvalue weighted by molar-refractivity contribution is 7.15. The Morgan fingerprint density at radius 3 is 2.49 bits per heavy atom. The molecule has 3 heterocycles. The molecule has 0 saturated carbocycles. The lowest BCUT2D eigenvalue weighted by Gasteiger charge is -2.32. The molecule has 1 saturated heterocycles. The first-order valence-electron chi connectivity index (χ1n) is 12.1. The highest BCUT2D eigenvalue weighted by Crippen LogP contribution is 2.35. The summed E-state index contributed by atoms with van der Waals surface area (Å²) in [7, 11) is 3.58. The number of halogens is 3. The average Bonchev–Trinajstić information content (AvgIpc) is 3.54. The number of benzene rings is 2. The topological polar surface area (TPSA) is 96.7 Å². The number of aromatic amines is 1. The van der Waals surface area contributed by atoms with Gasteiger partial charge >= 0.3 is 11.9 Å². The SMILES string of the molecule is COc1cc(OCc2sc(-c3ccc(C(F)(F)F)cc3)nc2CN2CCN(C)CC2)ccc1-c1noc(=O)[nH]1. The van der Waals surface area contributed by atoms with Crippen LogP contribution >= 0.6 is 11.3 Å². The van der Waals surface area contributed by atoms with Gasteiger partial charge in [0, 0.05) is 44.4 Å². The zero-order valence-electron chi connectivity index (χ0n) is 21.2. The summed E-state index contributed by atoms with van der Waals surface area (Å²) in [5.74, 6) is 0.525. The first-order valence-corrected chi connectivity index (χ1v) is 13.0. The van der Waals surface area contributed by atoms with E-state index >= 15 is 0 Å². The summed E-state index contributed by atoms with van der Waals surface area (Å²) in [6.45, 7) is 4.52. The molecule has 9 nitrogen and oxygen atoms in total. The van der Waals surface area contributed by atoms with Gasteiger partial charge in [-0.15, -0.1) is 11.3 Å². The van der Waals surface area contributed by atoms with Crippen LogP contribution in [0, 0.1) is 0 Å². The zero-order chi connectivity index (χ0) is 27.6. The summed E-state index contributed by atoms with van der Waals surface area (Å²) in [5.41, 5.74) is 1.29. The smallest absolute Gasteiger partial charge is 0.439 e. The van der Waals surface area contributed by atoms with Crippen molar-refractivity contribution in [3.63, 3.8) is 0 Å². The van der Waals surface area contributed by atoms with E-state index in [4.69, 9.17) is 14.5 Å². The molecule has 0 atom stereocenters. The number of aromatic nitrogens is 3. The molecule has 1 fully saturated rings. The Kier molecular flexibility index (Phi) is 7.73. The summed E-state index contributed by atoms with van der Waals surface area (Å²) >= 11 is 1.40. The van der Waals surface area contributed by atoms with Gasteiger partial charge in [0.15, 0.2) is 5.82 Å². The van der Waals surface area contributed by atoms with Crippen molar-refractivity contribution < 1.29 is 27.2 Å². The molecule has 0 amide bonds. The summed E-state index contributed by atoms with van der Waals surface area (Å²) < 4.78 is 55.3. The molecule has 1 aliphatic heterocycles. The van der Waals surface area contributed by atoms with Crippen LogP contribution in [0.15, 0.2) is 51.8 Å². The summed E-state index contributed by atoms with van der Waals surface area (Å²) in [5, 5.41) is 4.33. The predicted molar refractivity (Wildman–Crippen MR) is 139 cm³/mol. The van der Waals surface area contributed by atoms with Crippen molar-refractivity contribution in [3.05, 3.63) is 69.1 Å². The maximum atomic E-state index is 13.0. The second-order valence-corrected chi connectivity index (χ2v) is 10.2. The maximum absolute atomic E-state index is 13.0. The van der Waals surface area contributed by atoms with Crippen molar-refractivity contribution in [1.29, 1.82) is 0 Å². The molecule has 0 unspecified atom stereocenters. The fourth-order valence-corrected chi connectivity index (χ4v) is 5.20. The molecule has 0 bridgehead atoms. The van der Waals surface area contributed by atoms with Crippen molar-refractivity contribution in [1.82, 2.24) is 24.9 Å². The number of likely N-dealkylation sites (N-methyl/N-ethyl adjacent to an activating group) is 1. The second-order valence-electron chi connectivity index (χ2n) is 9.14. The Bertz CT molecular complexity index is 1470. The van der Waals surface area contributed by atoms with Crippen molar-refractivity contribution in [2.75, 3.05) is 40.3 Å². The number of ether oxygens (including phenoxy) is 2. The predicted octanol–water partition coefficient (Wildman–Crippen LogP) is 4.51. The van der Waals surface area contributed by atoms with Crippen molar-refractivity contribution in [2.24, 2.45) is 0 Å². The van der Waals surface area contributed by atoms with Gasteiger partial charge in [-0.05, 0) is 31.3 Å². The van der Waals surface area contributed by atoms with E-state index in [2.05, 4.69) is 31.5 Å². The molecule has 206 valence electrons. The Balaban J connectivity index is 1.38. The molecule has 0 aliphatic carbocycles. The fourth-order valence-electron chi connectivity index (χ4n) is 4.21. The standard InChI is InChI=1S/C26H26F3N5O4S/c1-33-9-11-34(12-10-33)14-20-22(39-24(30-20)16-3-5-17(6-4-16)26(27,28)29)15-37-18-7-8-19(21(13-18)36-2)23-31-25(35)38-32-23/h3-8,13H,9-12,14-15H2,1-2H3,(H,31,32,35). The molecule has 1 aliphatic rings. The van der Waals surface area contributed by atoms with Crippen molar-refractivity contribution in [3.8, 4) is 33.5 Å². The van der Waals surface area contributed by atoms with Gasteiger partial charge in [-0.25, -0.2) is 9.78 Å². The molecule has 5 rings (SSSR count). The average molecular weight is 562 g/mol. The molecule has 39 heavy (non-hydrogen) atoms. The zero-order valence-corrected chi connectivity index (χ0v) is 22.1. The minimum atomic E-state index is -4.40. The fraction of sp³-hybridized carbons (Fsp3) is 0.346. The van der Waals surface area contributed by atoms with Crippen molar-refractivity contribution in [2.45, 2.75) is 19.3 Å².